The fourth-order valence-electron chi connectivity index (χ4n) is 1.54. The van der Waals surface area contributed by atoms with Crippen molar-refractivity contribution in [3.8, 4) is 0 Å². The topological polar surface area (TPSA) is 85.6 Å². The highest BCUT2D eigenvalue weighted by atomic mass is 32.1. The minimum absolute atomic E-state index is 0.00134. The molecule has 0 atom stereocenters. The molecule has 2 aromatic rings. The summed E-state index contributed by atoms with van der Waals surface area (Å²) in [4.78, 5) is 16.0. The van der Waals surface area contributed by atoms with Gasteiger partial charge in [0.1, 0.15) is 6.33 Å². The van der Waals surface area contributed by atoms with Crippen molar-refractivity contribution < 1.29 is 4.79 Å². The SMILES string of the molecule is CCc1nc(CCNC(=O)CCn2cnnn2)cs1. The van der Waals surface area contributed by atoms with E-state index >= 15 is 0 Å². The second-order valence-electron chi connectivity index (χ2n) is 4.01. The molecule has 0 aliphatic rings. The Hall–Kier alpha value is -1.83. The van der Waals surface area contributed by atoms with Gasteiger partial charge in [-0.1, -0.05) is 6.92 Å². The fourth-order valence-corrected chi connectivity index (χ4v) is 2.32. The lowest BCUT2D eigenvalue weighted by molar-refractivity contribution is -0.121. The van der Waals surface area contributed by atoms with Gasteiger partial charge < -0.3 is 5.32 Å². The third kappa shape index (κ3) is 4.40. The molecule has 0 saturated carbocycles. The van der Waals surface area contributed by atoms with Crippen LogP contribution < -0.4 is 5.32 Å². The van der Waals surface area contributed by atoms with E-state index in [1.807, 2.05) is 5.38 Å². The lowest BCUT2D eigenvalue weighted by Gasteiger charge is -2.03. The lowest BCUT2D eigenvalue weighted by Crippen LogP contribution is -2.26. The van der Waals surface area contributed by atoms with E-state index in [-0.39, 0.29) is 5.91 Å². The highest BCUT2D eigenvalue weighted by Gasteiger charge is 2.04. The number of amides is 1. The monoisotopic (exact) mass is 280 g/mol. The Kier molecular flexibility index (Phi) is 4.96. The first-order chi connectivity index (χ1) is 9.28. The van der Waals surface area contributed by atoms with E-state index in [0.717, 1.165) is 23.5 Å². The number of thiazole rings is 1. The molecule has 0 aliphatic heterocycles. The van der Waals surface area contributed by atoms with Crippen LogP contribution in [0.5, 0.6) is 0 Å². The van der Waals surface area contributed by atoms with Crippen LogP contribution in [0.25, 0.3) is 0 Å². The molecule has 19 heavy (non-hydrogen) atoms. The minimum Gasteiger partial charge on any atom is -0.356 e. The third-order valence-electron chi connectivity index (χ3n) is 2.56. The van der Waals surface area contributed by atoms with Gasteiger partial charge in [0.2, 0.25) is 5.91 Å². The lowest BCUT2D eigenvalue weighted by atomic mass is 10.3. The molecule has 7 nitrogen and oxygen atoms in total. The van der Waals surface area contributed by atoms with Crippen molar-refractivity contribution in [1.82, 2.24) is 30.5 Å². The molecule has 2 rings (SSSR count). The number of aromatic nitrogens is 5. The van der Waals surface area contributed by atoms with Crippen LogP contribution >= 0.6 is 11.3 Å². The Bertz CT molecular complexity index is 509. The number of tetrazole rings is 1. The molecule has 0 radical (unpaired) electrons. The Morgan fingerprint density at radius 1 is 1.53 bits per heavy atom. The standard InChI is InChI=1S/C11H16N6OS/c1-2-11-14-9(7-19-11)3-5-12-10(18)4-6-17-8-13-15-16-17/h7-8H,2-6H2,1H3,(H,12,18). The summed E-state index contributed by atoms with van der Waals surface area (Å²) < 4.78 is 1.54. The summed E-state index contributed by atoms with van der Waals surface area (Å²) in [5.74, 6) is 0.00134. The highest BCUT2D eigenvalue weighted by Crippen LogP contribution is 2.10. The minimum atomic E-state index is 0.00134. The van der Waals surface area contributed by atoms with Gasteiger partial charge in [-0.3, -0.25) is 4.79 Å². The van der Waals surface area contributed by atoms with Gasteiger partial charge in [-0.15, -0.1) is 16.4 Å². The number of hydrogen-bond donors (Lipinski definition) is 1. The summed E-state index contributed by atoms with van der Waals surface area (Å²) >= 11 is 1.67. The van der Waals surface area contributed by atoms with Crippen LogP contribution in [0, 0.1) is 0 Å². The third-order valence-corrected chi connectivity index (χ3v) is 3.61. The Morgan fingerprint density at radius 2 is 2.42 bits per heavy atom. The number of carbonyl (C=O) groups is 1. The van der Waals surface area contributed by atoms with Crippen LogP contribution in [0.2, 0.25) is 0 Å². The summed E-state index contributed by atoms with van der Waals surface area (Å²) in [5.41, 5.74) is 1.04. The number of rotatable bonds is 7. The maximum Gasteiger partial charge on any atom is 0.221 e. The zero-order chi connectivity index (χ0) is 13.5. The molecule has 2 aromatic heterocycles. The maximum atomic E-state index is 11.6. The molecule has 102 valence electrons. The fraction of sp³-hybridized carbons (Fsp3) is 0.545. The second kappa shape index (κ2) is 6.93. The van der Waals surface area contributed by atoms with Crippen LogP contribution in [0.3, 0.4) is 0 Å². The van der Waals surface area contributed by atoms with Crippen LogP contribution in [0.1, 0.15) is 24.0 Å². The molecule has 2 heterocycles. The van der Waals surface area contributed by atoms with Crippen molar-refractivity contribution in [3.05, 3.63) is 22.4 Å². The molecule has 8 heteroatoms. The van der Waals surface area contributed by atoms with E-state index in [9.17, 15) is 4.79 Å². The number of hydrogen-bond acceptors (Lipinski definition) is 6. The molecule has 1 N–H and O–H groups in total. The van der Waals surface area contributed by atoms with Crippen LogP contribution in [-0.2, 0) is 24.2 Å². The summed E-state index contributed by atoms with van der Waals surface area (Å²) in [5, 5.41) is 16.8. The molecule has 0 spiro atoms. The normalized spacial score (nSPS) is 10.6. The maximum absolute atomic E-state index is 11.6. The van der Waals surface area contributed by atoms with Gasteiger partial charge in [-0.2, -0.15) is 0 Å². The van der Waals surface area contributed by atoms with Crippen LogP contribution in [0.15, 0.2) is 11.7 Å². The van der Waals surface area contributed by atoms with Crippen molar-refractivity contribution in [2.75, 3.05) is 6.54 Å². The van der Waals surface area contributed by atoms with Gasteiger partial charge in [0, 0.05) is 24.8 Å². The van der Waals surface area contributed by atoms with Gasteiger partial charge in [0.05, 0.1) is 17.2 Å². The van der Waals surface area contributed by atoms with Crippen molar-refractivity contribution in [2.45, 2.75) is 32.7 Å². The van der Waals surface area contributed by atoms with Crippen LogP contribution in [-0.4, -0.2) is 37.6 Å². The van der Waals surface area contributed by atoms with Crippen molar-refractivity contribution in [1.29, 1.82) is 0 Å². The number of nitrogens with one attached hydrogen (secondary N) is 1. The molecular formula is C11H16N6OS. The average molecular weight is 280 g/mol. The van der Waals surface area contributed by atoms with E-state index in [1.54, 1.807) is 11.3 Å². The zero-order valence-electron chi connectivity index (χ0n) is 10.7. The molecule has 1 amide bonds. The Balaban J connectivity index is 1.63. The number of aryl methyl sites for hydroxylation is 2. The smallest absolute Gasteiger partial charge is 0.221 e. The van der Waals surface area contributed by atoms with E-state index in [4.69, 9.17) is 0 Å². The molecule has 0 aromatic carbocycles. The van der Waals surface area contributed by atoms with E-state index < -0.39 is 0 Å². The van der Waals surface area contributed by atoms with Crippen LogP contribution in [0.4, 0.5) is 0 Å². The quantitative estimate of drug-likeness (QED) is 0.795. The van der Waals surface area contributed by atoms with Gasteiger partial charge in [0.15, 0.2) is 0 Å². The van der Waals surface area contributed by atoms with Gasteiger partial charge >= 0.3 is 0 Å². The average Bonchev–Trinajstić information content (AvgIpc) is 3.07. The molecule has 0 fully saturated rings. The molecule has 0 aliphatic carbocycles. The van der Waals surface area contributed by atoms with Crippen molar-refractivity contribution in [2.24, 2.45) is 0 Å². The molecule has 0 unspecified atom stereocenters. The predicted octanol–water partition coefficient (Wildman–Crippen LogP) is 0.441. The first-order valence-corrected chi connectivity index (χ1v) is 7.06. The number of carbonyl (C=O) groups excluding carboxylic acids is 1. The molecular weight excluding hydrogens is 264 g/mol. The molecule has 0 saturated heterocycles. The summed E-state index contributed by atoms with van der Waals surface area (Å²) in [6.45, 7) is 3.19. The van der Waals surface area contributed by atoms with E-state index in [0.29, 0.717) is 19.5 Å². The summed E-state index contributed by atoms with van der Waals surface area (Å²) in [6, 6.07) is 0. The first kappa shape index (κ1) is 13.6. The predicted molar refractivity (Wildman–Crippen MR) is 70.6 cm³/mol. The summed E-state index contributed by atoms with van der Waals surface area (Å²) in [7, 11) is 0. The first-order valence-electron chi connectivity index (χ1n) is 6.18. The van der Waals surface area contributed by atoms with E-state index in [1.165, 1.54) is 11.0 Å². The molecule has 0 bridgehead atoms. The van der Waals surface area contributed by atoms with Crippen molar-refractivity contribution >= 4 is 17.2 Å². The highest BCUT2D eigenvalue weighted by molar-refractivity contribution is 7.09. The van der Waals surface area contributed by atoms with Crippen molar-refractivity contribution in [3.63, 3.8) is 0 Å². The van der Waals surface area contributed by atoms with Gasteiger partial charge in [-0.05, 0) is 16.8 Å². The summed E-state index contributed by atoms with van der Waals surface area (Å²) in [6.07, 6.45) is 3.60. The van der Waals surface area contributed by atoms with Gasteiger partial charge in [-0.25, -0.2) is 9.67 Å². The Labute approximate surface area is 115 Å². The zero-order valence-corrected chi connectivity index (χ0v) is 11.6. The Morgan fingerprint density at radius 3 is 3.11 bits per heavy atom. The van der Waals surface area contributed by atoms with E-state index in [2.05, 4.69) is 32.7 Å². The number of nitrogens with zero attached hydrogens (tertiary/aromatic N) is 5. The largest absolute Gasteiger partial charge is 0.356 e. The van der Waals surface area contributed by atoms with Gasteiger partial charge in [0.25, 0.3) is 0 Å². The second-order valence-corrected chi connectivity index (χ2v) is 4.95.